The van der Waals surface area contributed by atoms with Crippen LogP contribution in [0.1, 0.15) is 0 Å². The molecule has 2 heterocycles. The molecule has 3 rings (SSSR count). The van der Waals surface area contributed by atoms with Crippen molar-refractivity contribution in [3.63, 3.8) is 0 Å². The van der Waals surface area contributed by atoms with Crippen LogP contribution in [-0.4, -0.2) is 58.9 Å². The quantitative estimate of drug-likeness (QED) is 0.766. The van der Waals surface area contributed by atoms with Crippen LogP contribution in [0.4, 0.5) is 0 Å². The van der Waals surface area contributed by atoms with Crippen molar-refractivity contribution in [2.24, 2.45) is 0 Å². The van der Waals surface area contributed by atoms with E-state index >= 15 is 0 Å². The molecule has 2 aliphatic rings. The van der Waals surface area contributed by atoms with E-state index in [1.807, 2.05) is 0 Å². The van der Waals surface area contributed by atoms with Gasteiger partial charge in [-0.05, 0) is 12.1 Å². The van der Waals surface area contributed by atoms with Crippen molar-refractivity contribution >= 4 is 19.9 Å². The summed E-state index contributed by atoms with van der Waals surface area (Å²) >= 11 is 0. The summed E-state index contributed by atoms with van der Waals surface area (Å²) in [4.78, 5) is 0.0821. The highest BCUT2D eigenvalue weighted by Gasteiger charge is 2.42. The van der Waals surface area contributed by atoms with E-state index < -0.39 is 25.1 Å². The van der Waals surface area contributed by atoms with Gasteiger partial charge in [0.25, 0.3) is 0 Å². The lowest BCUT2D eigenvalue weighted by Gasteiger charge is -2.36. The van der Waals surface area contributed by atoms with Crippen LogP contribution in [0, 0.1) is 0 Å². The zero-order chi connectivity index (χ0) is 15.3. The Balaban J connectivity index is 1.83. The maximum absolute atomic E-state index is 12.4. The van der Waals surface area contributed by atoms with Gasteiger partial charge in [0.1, 0.15) is 13.2 Å². The van der Waals surface area contributed by atoms with Gasteiger partial charge in [0.05, 0.1) is 10.1 Å². The molecule has 1 saturated heterocycles. The van der Waals surface area contributed by atoms with Crippen LogP contribution in [0.3, 0.4) is 0 Å². The Hall–Kier alpha value is -1.32. The summed E-state index contributed by atoms with van der Waals surface area (Å²) in [5.74, 6) is 0.903. The predicted octanol–water partition coefficient (Wildman–Crippen LogP) is -0.125. The summed E-state index contributed by atoms with van der Waals surface area (Å²) in [7, 11) is -6.90. The average molecular weight is 333 g/mol. The highest BCUT2D eigenvalue weighted by Crippen LogP contribution is 2.34. The molecule has 0 bridgehead atoms. The van der Waals surface area contributed by atoms with Crippen LogP contribution >= 0.6 is 0 Å². The SMILES string of the molecule is CS(=O)(=O)C1CN(S(=O)(=O)c2ccc3c(c2)OCCO3)C1. The molecule has 9 heteroatoms. The summed E-state index contributed by atoms with van der Waals surface area (Å²) in [6.07, 6.45) is 1.12. The number of sulfone groups is 1. The molecule has 0 aromatic heterocycles. The second kappa shape index (κ2) is 4.85. The largest absolute Gasteiger partial charge is 0.486 e. The smallest absolute Gasteiger partial charge is 0.243 e. The zero-order valence-electron chi connectivity index (χ0n) is 11.4. The third-order valence-corrected chi connectivity index (χ3v) is 6.91. The van der Waals surface area contributed by atoms with E-state index in [2.05, 4.69) is 0 Å². The molecule has 1 aromatic carbocycles. The van der Waals surface area contributed by atoms with Gasteiger partial charge in [0.2, 0.25) is 10.0 Å². The minimum absolute atomic E-state index is 0.00436. The van der Waals surface area contributed by atoms with E-state index in [-0.39, 0.29) is 18.0 Å². The van der Waals surface area contributed by atoms with Crippen molar-refractivity contribution in [3.8, 4) is 11.5 Å². The molecule has 21 heavy (non-hydrogen) atoms. The molecule has 0 radical (unpaired) electrons. The first kappa shape index (κ1) is 14.6. The molecule has 1 fully saturated rings. The molecule has 0 N–H and O–H groups in total. The second-order valence-electron chi connectivity index (χ2n) is 5.08. The van der Waals surface area contributed by atoms with Gasteiger partial charge in [0.15, 0.2) is 21.3 Å². The van der Waals surface area contributed by atoms with Gasteiger partial charge in [-0.25, -0.2) is 16.8 Å². The third kappa shape index (κ3) is 2.60. The van der Waals surface area contributed by atoms with Gasteiger partial charge < -0.3 is 9.47 Å². The van der Waals surface area contributed by atoms with Crippen molar-refractivity contribution in [3.05, 3.63) is 18.2 Å². The van der Waals surface area contributed by atoms with Crippen molar-refractivity contribution < 1.29 is 26.3 Å². The summed E-state index contributed by atoms with van der Waals surface area (Å²) in [5.41, 5.74) is 0. The van der Waals surface area contributed by atoms with Crippen LogP contribution in [0.15, 0.2) is 23.1 Å². The van der Waals surface area contributed by atoms with Crippen LogP contribution in [0.5, 0.6) is 11.5 Å². The number of hydrogen-bond donors (Lipinski definition) is 0. The third-order valence-electron chi connectivity index (χ3n) is 3.57. The maximum Gasteiger partial charge on any atom is 0.243 e. The summed E-state index contributed by atoms with van der Waals surface area (Å²) < 4.78 is 59.4. The van der Waals surface area contributed by atoms with Crippen molar-refractivity contribution in [1.82, 2.24) is 4.31 Å². The fraction of sp³-hybridized carbons (Fsp3) is 0.500. The maximum atomic E-state index is 12.4. The Morgan fingerprint density at radius 2 is 1.67 bits per heavy atom. The minimum Gasteiger partial charge on any atom is -0.486 e. The fourth-order valence-electron chi connectivity index (χ4n) is 2.20. The van der Waals surface area contributed by atoms with E-state index in [0.717, 1.165) is 10.6 Å². The van der Waals surface area contributed by atoms with Crippen LogP contribution in [0.25, 0.3) is 0 Å². The van der Waals surface area contributed by atoms with Gasteiger partial charge in [-0.2, -0.15) is 4.31 Å². The van der Waals surface area contributed by atoms with Gasteiger partial charge >= 0.3 is 0 Å². The monoisotopic (exact) mass is 333 g/mol. The number of ether oxygens (including phenoxy) is 2. The number of nitrogens with zero attached hydrogens (tertiary/aromatic N) is 1. The van der Waals surface area contributed by atoms with Crippen molar-refractivity contribution in [2.75, 3.05) is 32.6 Å². The molecular formula is C12H15NO6S2. The van der Waals surface area contributed by atoms with Crippen molar-refractivity contribution in [2.45, 2.75) is 10.1 Å². The molecule has 0 saturated carbocycles. The second-order valence-corrected chi connectivity index (χ2v) is 9.34. The van der Waals surface area contributed by atoms with E-state index in [4.69, 9.17) is 9.47 Å². The lowest BCUT2D eigenvalue weighted by atomic mass is 10.3. The normalized spacial score (nSPS) is 20.0. The lowest BCUT2D eigenvalue weighted by Crippen LogP contribution is -2.56. The van der Waals surface area contributed by atoms with Crippen molar-refractivity contribution in [1.29, 1.82) is 0 Å². The Kier molecular flexibility index (Phi) is 3.38. The average Bonchev–Trinajstić information content (AvgIpc) is 2.34. The van der Waals surface area contributed by atoms with E-state index in [1.165, 1.54) is 12.1 Å². The Bertz CT molecular complexity index is 765. The molecule has 0 unspecified atom stereocenters. The summed E-state index contributed by atoms with van der Waals surface area (Å²) in [6, 6.07) is 4.41. The Labute approximate surface area is 123 Å². The van der Waals surface area contributed by atoms with Crippen LogP contribution in [0.2, 0.25) is 0 Å². The predicted molar refractivity (Wildman–Crippen MR) is 74.8 cm³/mol. The number of fused-ring (bicyclic) bond motifs is 1. The van der Waals surface area contributed by atoms with Gasteiger partial charge in [0, 0.05) is 25.4 Å². The highest BCUT2D eigenvalue weighted by atomic mass is 32.2. The molecule has 1 aromatic rings. The molecule has 0 spiro atoms. The van der Waals surface area contributed by atoms with E-state index in [1.54, 1.807) is 6.07 Å². The topological polar surface area (TPSA) is 90.0 Å². The molecule has 0 aliphatic carbocycles. The Morgan fingerprint density at radius 1 is 1.05 bits per heavy atom. The zero-order valence-corrected chi connectivity index (χ0v) is 13.0. The number of benzene rings is 1. The molecule has 116 valence electrons. The number of rotatable bonds is 3. The molecule has 0 atom stereocenters. The standard InChI is InChI=1S/C12H15NO6S2/c1-20(14,15)10-7-13(8-10)21(16,17)9-2-3-11-12(6-9)19-5-4-18-11/h2-3,6,10H,4-5,7-8H2,1H3. The number of hydrogen-bond acceptors (Lipinski definition) is 6. The first-order chi connectivity index (χ1) is 9.78. The number of sulfonamides is 1. The van der Waals surface area contributed by atoms with E-state index in [9.17, 15) is 16.8 Å². The first-order valence-corrected chi connectivity index (χ1v) is 9.76. The van der Waals surface area contributed by atoms with Gasteiger partial charge in [-0.1, -0.05) is 0 Å². The minimum atomic E-state index is -3.70. The molecule has 7 nitrogen and oxygen atoms in total. The lowest BCUT2D eigenvalue weighted by molar-refractivity contribution is 0.171. The molecule has 0 amide bonds. The van der Waals surface area contributed by atoms with Gasteiger partial charge in [-0.3, -0.25) is 0 Å². The van der Waals surface area contributed by atoms with E-state index in [0.29, 0.717) is 24.7 Å². The molecular weight excluding hydrogens is 318 g/mol. The molecule has 2 aliphatic heterocycles. The van der Waals surface area contributed by atoms with Gasteiger partial charge in [-0.15, -0.1) is 0 Å². The summed E-state index contributed by atoms with van der Waals surface area (Å²) in [6.45, 7) is 0.794. The Morgan fingerprint density at radius 3 is 2.29 bits per heavy atom. The highest BCUT2D eigenvalue weighted by molar-refractivity contribution is 7.92. The van der Waals surface area contributed by atoms with Crippen LogP contribution < -0.4 is 9.47 Å². The fourth-order valence-corrected chi connectivity index (χ4v) is 4.84. The van der Waals surface area contributed by atoms with Crippen LogP contribution in [-0.2, 0) is 19.9 Å². The first-order valence-electron chi connectivity index (χ1n) is 6.37. The summed E-state index contributed by atoms with van der Waals surface area (Å²) in [5, 5.41) is -0.621.